The zero-order valence-corrected chi connectivity index (χ0v) is 12.9. The van der Waals surface area contributed by atoms with E-state index in [0.717, 1.165) is 24.3 Å². The van der Waals surface area contributed by atoms with Crippen LogP contribution in [0.2, 0.25) is 0 Å². The Balaban J connectivity index is 1.90. The molecule has 0 bridgehead atoms. The van der Waals surface area contributed by atoms with Crippen LogP contribution in [-0.2, 0) is 6.54 Å². The Bertz CT molecular complexity index is 761. The normalized spacial score (nSPS) is 20.6. The fourth-order valence-corrected chi connectivity index (χ4v) is 3.02. The van der Waals surface area contributed by atoms with Crippen LogP contribution in [-0.4, -0.2) is 9.55 Å². The van der Waals surface area contributed by atoms with E-state index in [0.29, 0.717) is 18.3 Å². The molecule has 0 radical (unpaired) electrons. The zero-order chi connectivity index (χ0) is 16.4. The fraction of sp³-hybridized carbons (Fsp3) is 0.278. The molecule has 23 heavy (non-hydrogen) atoms. The molecule has 2 unspecified atom stereocenters. The second kappa shape index (κ2) is 6.36. The SMILES string of the molecule is CCC1C=C(N)C=CC1Cn1ccnc1-c1cc(F)ccc1F. The van der Waals surface area contributed by atoms with E-state index in [1.165, 1.54) is 6.07 Å². The third kappa shape index (κ3) is 3.18. The van der Waals surface area contributed by atoms with Gasteiger partial charge in [-0.05, 0) is 36.6 Å². The highest BCUT2D eigenvalue weighted by Crippen LogP contribution is 2.28. The predicted molar refractivity (Wildman–Crippen MR) is 86.3 cm³/mol. The molecule has 3 nitrogen and oxygen atoms in total. The minimum absolute atomic E-state index is 0.179. The van der Waals surface area contributed by atoms with Crippen LogP contribution in [0.25, 0.3) is 11.4 Å². The van der Waals surface area contributed by atoms with Gasteiger partial charge < -0.3 is 10.3 Å². The van der Waals surface area contributed by atoms with Crippen LogP contribution in [0, 0.1) is 23.5 Å². The average Bonchev–Trinajstić information content (AvgIpc) is 2.99. The van der Waals surface area contributed by atoms with Gasteiger partial charge in [-0.1, -0.05) is 19.1 Å². The predicted octanol–water partition coefficient (Wildman–Crippen LogP) is 3.88. The van der Waals surface area contributed by atoms with Gasteiger partial charge >= 0.3 is 0 Å². The van der Waals surface area contributed by atoms with Crippen molar-refractivity contribution in [2.24, 2.45) is 17.6 Å². The molecule has 120 valence electrons. The Labute approximate surface area is 134 Å². The van der Waals surface area contributed by atoms with Gasteiger partial charge in [-0.3, -0.25) is 0 Å². The molecule has 0 spiro atoms. The number of allylic oxidation sites excluding steroid dienone is 3. The minimum atomic E-state index is -0.478. The van der Waals surface area contributed by atoms with E-state index in [1.807, 2.05) is 10.6 Å². The summed E-state index contributed by atoms with van der Waals surface area (Å²) in [4.78, 5) is 4.21. The number of aromatic nitrogens is 2. The van der Waals surface area contributed by atoms with Gasteiger partial charge in [0.25, 0.3) is 0 Å². The topological polar surface area (TPSA) is 43.8 Å². The highest BCUT2D eigenvalue weighted by Gasteiger charge is 2.21. The third-order valence-electron chi connectivity index (χ3n) is 4.26. The molecule has 0 saturated carbocycles. The average molecular weight is 315 g/mol. The van der Waals surface area contributed by atoms with Crippen LogP contribution in [0.4, 0.5) is 8.78 Å². The largest absolute Gasteiger partial charge is 0.399 e. The molecule has 2 aromatic rings. The van der Waals surface area contributed by atoms with Gasteiger partial charge in [0.1, 0.15) is 17.5 Å². The Kier molecular flexibility index (Phi) is 4.28. The van der Waals surface area contributed by atoms with Gasteiger partial charge in [0.2, 0.25) is 0 Å². The summed E-state index contributed by atoms with van der Waals surface area (Å²) in [6.45, 7) is 2.76. The van der Waals surface area contributed by atoms with Crippen LogP contribution in [0.3, 0.4) is 0 Å². The van der Waals surface area contributed by atoms with Crippen molar-refractivity contribution in [2.75, 3.05) is 0 Å². The van der Waals surface area contributed by atoms with E-state index >= 15 is 0 Å². The summed E-state index contributed by atoms with van der Waals surface area (Å²) in [5, 5.41) is 0. The first-order valence-corrected chi connectivity index (χ1v) is 7.70. The first kappa shape index (κ1) is 15.5. The first-order valence-electron chi connectivity index (χ1n) is 7.70. The summed E-state index contributed by atoms with van der Waals surface area (Å²) < 4.78 is 29.3. The van der Waals surface area contributed by atoms with Crippen molar-refractivity contribution >= 4 is 0 Å². The molecule has 1 aromatic carbocycles. The van der Waals surface area contributed by atoms with E-state index in [1.54, 1.807) is 12.4 Å². The highest BCUT2D eigenvalue weighted by atomic mass is 19.1. The highest BCUT2D eigenvalue weighted by molar-refractivity contribution is 5.56. The second-order valence-corrected chi connectivity index (χ2v) is 5.79. The first-order chi connectivity index (χ1) is 11.1. The maximum atomic E-state index is 14.0. The van der Waals surface area contributed by atoms with Gasteiger partial charge in [0, 0.05) is 30.6 Å². The fourth-order valence-electron chi connectivity index (χ4n) is 3.02. The molecule has 1 aliphatic carbocycles. The Hall–Kier alpha value is -2.43. The summed E-state index contributed by atoms with van der Waals surface area (Å²) >= 11 is 0. The molecule has 0 aliphatic heterocycles. The van der Waals surface area contributed by atoms with E-state index in [2.05, 4.69) is 24.1 Å². The standard InChI is InChI=1S/C18H19F2N3/c1-2-12-9-15(21)5-3-13(12)11-23-8-7-22-18(23)16-10-14(19)4-6-17(16)20/h3-10,12-13H,2,11,21H2,1H3. The monoisotopic (exact) mass is 315 g/mol. The van der Waals surface area contributed by atoms with Gasteiger partial charge in [0.15, 0.2) is 0 Å². The second-order valence-electron chi connectivity index (χ2n) is 5.79. The number of nitrogens with two attached hydrogens (primary N) is 1. The Morgan fingerprint density at radius 3 is 2.87 bits per heavy atom. The lowest BCUT2D eigenvalue weighted by Gasteiger charge is -2.25. The van der Waals surface area contributed by atoms with Crippen molar-refractivity contribution in [3.63, 3.8) is 0 Å². The molecule has 0 fully saturated rings. The van der Waals surface area contributed by atoms with Gasteiger partial charge in [-0.2, -0.15) is 0 Å². The quantitative estimate of drug-likeness (QED) is 0.930. The minimum Gasteiger partial charge on any atom is -0.399 e. The summed E-state index contributed by atoms with van der Waals surface area (Å²) in [6.07, 6.45) is 10.4. The number of hydrogen-bond acceptors (Lipinski definition) is 2. The van der Waals surface area contributed by atoms with E-state index in [4.69, 9.17) is 5.73 Å². The van der Waals surface area contributed by atoms with Crippen LogP contribution >= 0.6 is 0 Å². The van der Waals surface area contributed by atoms with Crippen molar-refractivity contribution in [1.29, 1.82) is 0 Å². The summed E-state index contributed by atoms with van der Waals surface area (Å²) in [6, 6.07) is 3.42. The molecule has 3 rings (SSSR count). The number of imidazole rings is 1. The smallest absolute Gasteiger partial charge is 0.142 e. The molecular formula is C18H19F2N3. The Morgan fingerprint density at radius 2 is 2.09 bits per heavy atom. The maximum Gasteiger partial charge on any atom is 0.142 e. The lowest BCUT2D eigenvalue weighted by atomic mass is 9.85. The number of halogens is 2. The van der Waals surface area contributed by atoms with Crippen LogP contribution < -0.4 is 5.73 Å². The summed E-state index contributed by atoms with van der Waals surface area (Å²) in [5.74, 6) is 0.0575. The van der Waals surface area contributed by atoms with Crippen molar-refractivity contribution in [3.05, 3.63) is 66.2 Å². The molecular weight excluding hydrogens is 296 g/mol. The molecule has 1 aliphatic rings. The van der Waals surface area contributed by atoms with Gasteiger partial charge in [0.05, 0.1) is 5.56 Å². The van der Waals surface area contributed by atoms with Crippen molar-refractivity contribution in [1.82, 2.24) is 9.55 Å². The lowest BCUT2D eigenvalue weighted by molar-refractivity contribution is 0.400. The Morgan fingerprint density at radius 1 is 1.26 bits per heavy atom. The molecule has 2 atom stereocenters. The van der Waals surface area contributed by atoms with Crippen LogP contribution in [0.5, 0.6) is 0 Å². The molecule has 0 amide bonds. The van der Waals surface area contributed by atoms with Crippen molar-refractivity contribution < 1.29 is 8.78 Å². The molecule has 1 aromatic heterocycles. The van der Waals surface area contributed by atoms with Crippen molar-refractivity contribution in [2.45, 2.75) is 19.9 Å². The molecule has 2 N–H and O–H groups in total. The third-order valence-corrected chi connectivity index (χ3v) is 4.26. The summed E-state index contributed by atoms with van der Waals surface area (Å²) in [5.41, 5.74) is 6.81. The molecule has 5 heteroatoms. The number of nitrogens with zero attached hydrogens (tertiary/aromatic N) is 2. The number of hydrogen-bond donors (Lipinski definition) is 1. The number of benzene rings is 1. The molecule has 0 saturated heterocycles. The van der Waals surface area contributed by atoms with Gasteiger partial charge in [-0.15, -0.1) is 0 Å². The number of rotatable bonds is 4. The summed E-state index contributed by atoms with van der Waals surface area (Å²) in [7, 11) is 0. The van der Waals surface area contributed by atoms with E-state index in [-0.39, 0.29) is 11.5 Å². The van der Waals surface area contributed by atoms with Crippen molar-refractivity contribution in [3.8, 4) is 11.4 Å². The van der Waals surface area contributed by atoms with E-state index < -0.39 is 11.6 Å². The molecule has 1 heterocycles. The lowest BCUT2D eigenvalue weighted by Crippen LogP contribution is -2.21. The van der Waals surface area contributed by atoms with Crippen LogP contribution in [0.15, 0.2) is 54.5 Å². The van der Waals surface area contributed by atoms with Crippen LogP contribution in [0.1, 0.15) is 13.3 Å². The zero-order valence-electron chi connectivity index (χ0n) is 12.9. The maximum absolute atomic E-state index is 14.0. The van der Waals surface area contributed by atoms with Gasteiger partial charge in [-0.25, -0.2) is 13.8 Å². The van der Waals surface area contributed by atoms with E-state index in [9.17, 15) is 8.78 Å².